The van der Waals surface area contributed by atoms with E-state index in [4.69, 9.17) is 0 Å². The van der Waals surface area contributed by atoms with E-state index in [0.29, 0.717) is 0 Å². The largest absolute Gasteiger partial charge is 0.386 e. The van der Waals surface area contributed by atoms with E-state index in [1.54, 1.807) is 0 Å². The minimum Gasteiger partial charge on any atom is -0.386 e. The van der Waals surface area contributed by atoms with Crippen molar-refractivity contribution in [2.75, 3.05) is 0 Å². The predicted molar refractivity (Wildman–Crippen MR) is 92.2 cm³/mol. The minimum atomic E-state index is -0.901. The molecule has 5 aromatic rings. The Morgan fingerprint density at radius 1 is 0.385 bits per heavy atom. The molecule has 5 rings (SSSR count). The van der Waals surface area contributed by atoms with Crippen molar-refractivity contribution in [2.45, 2.75) is 0 Å². The van der Waals surface area contributed by atoms with Crippen molar-refractivity contribution in [2.24, 2.45) is 0 Å². The second-order valence-corrected chi connectivity index (χ2v) is 5.90. The normalized spacial score (nSPS) is 12.0. The maximum Gasteiger partial charge on any atom is 0.346 e. The number of hydrogen-bond donors (Lipinski definition) is 0. The molecule has 0 bridgehead atoms. The summed E-state index contributed by atoms with van der Waals surface area (Å²) in [5.74, 6) is 0. The maximum atomic E-state index is 12.8. The van der Waals surface area contributed by atoms with Gasteiger partial charge in [0.05, 0.1) is 21.5 Å². The zero-order chi connectivity index (χ0) is 18.3. The van der Waals surface area contributed by atoms with Gasteiger partial charge in [-0.25, -0.2) is 19.2 Å². The number of fused-ring (bicyclic) bond motifs is 4. The molecular weight excluding hydrogens is 344 g/mol. The fourth-order valence-electron chi connectivity index (χ4n) is 3.30. The topological polar surface area (TPSA) is 129 Å². The fraction of sp³-hybridized carbons (Fsp3) is 0. The van der Waals surface area contributed by atoms with Crippen molar-refractivity contribution in [3.8, 4) is 0 Å². The Morgan fingerprint density at radius 3 is 0.846 bits per heavy atom. The second kappa shape index (κ2) is 4.37. The Balaban J connectivity index is 2.16. The van der Waals surface area contributed by atoms with Gasteiger partial charge in [0.15, 0.2) is 10.9 Å². The minimum absolute atomic E-state index is 0.0782. The highest BCUT2D eigenvalue weighted by molar-refractivity contribution is 6.07. The summed E-state index contributed by atoms with van der Waals surface area (Å²) >= 11 is 0. The maximum absolute atomic E-state index is 12.8. The first-order chi connectivity index (χ1) is 12.4. The summed E-state index contributed by atoms with van der Waals surface area (Å²) in [4.78, 5) is 72.4. The SMILES string of the molecule is O=c1oc(=O)c2cc3c(=O)c4cc5c(=O)oc(=O)c5cc4c(=O)c3cc12. The van der Waals surface area contributed by atoms with Crippen LogP contribution in [0.15, 0.2) is 61.9 Å². The van der Waals surface area contributed by atoms with Crippen LogP contribution in [0.2, 0.25) is 0 Å². The molecule has 0 aliphatic carbocycles. The summed E-state index contributed by atoms with van der Waals surface area (Å²) in [6.07, 6.45) is 0. The molecule has 8 heteroatoms. The standard InChI is InChI=1S/C18H4O8/c19-13-5-1-9-10(16(22)25-15(9)21)2-6(5)14(20)8-4-12-11(3-7(8)13)17(23)26-18(12)24/h1-4H. The average molecular weight is 348 g/mol. The molecule has 0 saturated heterocycles. The lowest BCUT2D eigenvalue weighted by atomic mass is 9.98. The van der Waals surface area contributed by atoms with Crippen molar-refractivity contribution in [1.82, 2.24) is 0 Å². The van der Waals surface area contributed by atoms with Crippen molar-refractivity contribution in [3.05, 3.63) is 86.4 Å². The van der Waals surface area contributed by atoms with Crippen molar-refractivity contribution in [3.63, 3.8) is 0 Å². The summed E-state index contributed by atoms with van der Waals surface area (Å²) in [5.41, 5.74) is -4.83. The first-order valence-corrected chi connectivity index (χ1v) is 7.35. The molecule has 0 N–H and O–H groups in total. The molecule has 0 amide bonds. The van der Waals surface area contributed by atoms with E-state index in [2.05, 4.69) is 8.83 Å². The number of rotatable bonds is 0. The van der Waals surface area contributed by atoms with Gasteiger partial charge in [0.1, 0.15) is 0 Å². The van der Waals surface area contributed by atoms with Gasteiger partial charge in [-0.3, -0.25) is 9.59 Å². The zero-order valence-electron chi connectivity index (χ0n) is 12.6. The molecule has 0 aliphatic heterocycles. The highest BCUT2D eigenvalue weighted by Gasteiger charge is 2.18. The summed E-state index contributed by atoms with van der Waals surface area (Å²) < 4.78 is 8.97. The van der Waals surface area contributed by atoms with Crippen LogP contribution in [0.25, 0.3) is 43.1 Å². The van der Waals surface area contributed by atoms with E-state index in [9.17, 15) is 28.8 Å². The van der Waals surface area contributed by atoms with Crippen LogP contribution in [-0.2, 0) is 0 Å². The number of furan rings is 2. The Kier molecular flexibility index (Phi) is 2.42. The Bertz CT molecular complexity index is 1490. The number of benzene rings is 3. The average Bonchev–Trinajstić information content (AvgIpc) is 3.06. The predicted octanol–water partition coefficient (Wildman–Crippen LogP) is -0.0400. The highest BCUT2D eigenvalue weighted by Crippen LogP contribution is 2.20. The summed E-state index contributed by atoms with van der Waals surface area (Å²) in [6.45, 7) is 0. The number of hydrogen-bond acceptors (Lipinski definition) is 8. The molecule has 0 unspecified atom stereocenters. The molecule has 2 heterocycles. The van der Waals surface area contributed by atoms with Crippen LogP contribution in [0, 0.1) is 0 Å². The van der Waals surface area contributed by atoms with Crippen LogP contribution in [0.3, 0.4) is 0 Å². The molecular formula is C18H4O8. The molecule has 3 aromatic carbocycles. The first-order valence-electron chi connectivity index (χ1n) is 7.35. The zero-order valence-corrected chi connectivity index (χ0v) is 12.6. The molecule has 0 fully saturated rings. The van der Waals surface area contributed by atoms with Crippen molar-refractivity contribution in [1.29, 1.82) is 0 Å². The molecule has 0 saturated carbocycles. The molecule has 0 aliphatic rings. The monoisotopic (exact) mass is 348 g/mol. The lowest BCUT2D eigenvalue weighted by Gasteiger charge is -2.01. The van der Waals surface area contributed by atoms with Gasteiger partial charge in [-0.05, 0) is 24.3 Å². The van der Waals surface area contributed by atoms with E-state index in [0.717, 1.165) is 24.3 Å². The third-order valence-corrected chi connectivity index (χ3v) is 4.54. The van der Waals surface area contributed by atoms with Gasteiger partial charge < -0.3 is 8.83 Å². The van der Waals surface area contributed by atoms with Crippen molar-refractivity contribution < 1.29 is 8.83 Å². The van der Waals surface area contributed by atoms with Gasteiger partial charge in [0, 0.05) is 21.5 Å². The Labute approximate surface area is 139 Å². The van der Waals surface area contributed by atoms with Crippen molar-refractivity contribution >= 4 is 43.1 Å². The van der Waals surface area contributed by atoms with Crippen LogP contribution >= 0.6 is 0 Å². The molecule has 2 aromatic heterocycles. The van der Waals surface area contributed by atoms with Gasteiger partial charge in [-0.2, -0.15) is 0 Å². The third-order valence-electron chi connectivity index (χ3n) is 4.54. The third kappa shape index (κ3) is 1.57. The highest BCUT2D eigenvalue weighted by atomic mass is 16.4. The Hall–Kier alpha value is -3.94. The first kappa shape index (κ1) is 14.4. The van der Waals surface area contributed by atoms with E-state index in [1.165, 1.54) is 0 Å². The summed E-state index contributed by atoms with van der Waals surface area (Å²) in [6, 6.07) is 4.55. The van der Waals surface area contributed by atoms with Gasteiger partial charge >= 0.3 is 22.5 Å². The van der Waals surface area contributed by atoms with Crippen LogP contribution < -0.4 is 33.4 Å². The molecule has 124 valence electrons. The van der Waals surface area contributed by atoms with Crippen LogP contribution in [-0.4, -0.2) is 0 Å². The molecule has 8 nitrogen and oxygen atoms in total. The van der Waals surface area contributed by atoms with Crippen LogP contribution in [0.1, 0.15) is 0 Å². The molecule has 26 heavy (non-hydrogen) atoms. The quantitative estimate of drug-likeness (QED) is 0.357. The van der Waals surface area contributed by atoms with Crippen LogP contribution in [0.5, 0.6) is 0 Å². The molecule has 0 atom stereocenters. The molecule has 0 radical (unpaired) electrons. The smallest absolute Gasteiger partial charge is 0.346 e. The lowest BCUT2D eigenvalue weighted by Crippen LogP contribution is -2.14. The summed E-state index contributed by atoms with van der Waals surface area (Å²) in [5, 5.41) is -0.724. The van der Waals surface area contributed by atoms with E-state index >= 15 is 0 Å². The van der Waals surface area contributed by atoms with Gasteiger partial charge in [0.2, 0.25) is 0 Å². The Morgan fingerprint density at radius 2 is 0.615 bits per heavy atom. The fourth-order valence-corrected chi connectivity index (χ4v) is 3.30. The van der Waals surface area contributed by atoms with Gasteiger partial charge in [-0.1, -0.05) is 0 Å². The van der Waals surface area contributed by atoms with Gasteiger partial charge in [-0.15, -0.1) is 0 Å². The van der Waals surface area contributed by atoms with E-state index in [-0.39, 0.29) is 43.1 Å². The molecule has 0 spiro atoms. The second-order valence-electron chi connectivity index (χ2n) is 5.90. The van der Waals surface area contributed by atoms with Crippen LogP contribution in [0.4, 0.5) is 0 Å². The van der Waals surface area contributed by atoms with E-state index in [1.807, 2.05) is 0 Å². The lowest BCUT2D eigenvalue weighted by molar-refractivity contribution is 0.499. The summed E-state index contributed by atoms with van der Waals surface area (Å²) in [7, 11) is 0. The van der Waals surface area contributed by atoms with Gasteiger partial charge in [0.25, 0.3) is 0 Å². The van der Waals surface area contributed by atoms with E-state index < -0.39 is 33.4 Å².